The summed E-state index contributed by atoms with van der Waals surface area (Å²) in [7, 11) is 0. The molecule has 3 unspecified atom stereocenters. The van der Waals surface area contributed by atoms with Crippen LogP contribution >= 0.6 is 0 Å². The van der Waals surface area contributed by atoms with Crippen LogP contribution in [-0.2, 0) is 28.6 Å². The highest BCUT2D eigenvalue weighted by molar-refractivity contribution is 5.69. The van der Waals surface area contributed by atoms with Crippen molar-refractivity contribution in [2.75, 3.05) is 39.6 Å². The number of aliphatic hydroxyl groups is 6. The molecular weight excluding hydrogens is 877 g/mol. The van der Waals surface area contributed by atoms with Gasteiger partial charge in [0, 0.05) is 19.3 Å². The van der Waals surface area contributed by atoms with E-state index in [0.29, 0.717) is 19.3 Å². The minimum atomic E-state index is -0.960. The second kappa shape index (κ2) is 62.0. The molecule has 412 valence electrons. The third kappa shape index (κ3) is 65.9. The van der Waals surface area contributed by atoms with Gasteiger partial charge in [-0.15, -0.1) is 0 Å². The molecule has 0 aliphatic heterocycles. The second-order valence-corrected chi connectivity index (χ2v) is 19.2. The molecule has 0 saturated carbocycles. The van der Waals surface area contributed by atoms with Crippen molar-refractivity contribution in [3.05, 3.63) is 12.2 Å². The Labute approximate surface area is 423 Å². The Morgan fingerprint density at radius 1 is 0.319 bits per heavy atom. The number of hydrogen-bond acceptors (Lipinski definition) is 12. The number of esters is 3. The van der Waals surface area contributed by atoms with Crippen LogP contribution in [0.4, 0.5) is 0 Å². The lowest BCUT2D eigenvalue weighted by Gasteiger charge is -2.08. The standard InChI is InChI=1S/C21H42O4.C21H40O4.C15H30O4/c2*1-2-3-4-5-6-7-8-9-10-11-12-13-14-15-16-17-21(24)25-19-20(23)18-22;1-2-3-4-5-6-7-8-9-10-11-15(18)19-13-14(17)12-16/h20,22-23H,2-19H2,1H3;9-10,20,22-23H,2-8,11-19H2,1H3;14,16-17H,2-13H2,1H3/b;10-9-;. The molecule has 69 heavy (non-hydrogen) atoms. The van der Waals surface area contributed by atoms with Crippen LogP contribution in [0.25, 0.3) is 0 Å². The van der Waals surface area contributed by atoms with E-state index in [2.05, 4.69) is 32.9 Å². The molecule has 0 heterocycles. The lowest BCUT2D eigenvalue weighted by atomic mass is 10.0. The number of allylic oxidation sites excluding steroid dienone is 2. The fourth-order valence-electron chi connectivity index (χ4n) is 7.50. The van der Waals surface area contributed by atoms with Crippen molar-refractivity contribution in [1.82, 2.24) is 0 Å². The molecule has 0 radical (unpaired) electrons. The van der Waals surface area contributed by atoms with E-state index in [0.717, 1.165) is 51.4 Å². The maximum Gasteiger partial charge on any atom is 0.305 e. The van der Waals surface area contributed by atoms with Crippen molar-refractivity contribution in [3.8, 4) is 0 Å². The average molecular weight is 990 g/mol. The van der Waals surface area contributed by atoms with Crippen LogP contribution in [0.1, 0.15) is 278 Å². The van der Waals surface area contributed by atoms with Gasteiger partial charge in [0.1, 0.15) is 38.1 Å². The molecular formula is C57H112O12. The van der Waals surface area contributed by atoms with Gasteiger partial charge in [-0.3, -0.25) is 14.4 Å². The number of unbranched alkanes of at least 4 members (excludes halogenated alkanes) is 33. The van der Waals surface area contributed by atoms with Crippen molar-refractivity contribution in [2.45, 2.75) is 296 Å². The lowest BCUT2D eigenvalue weighted by molar-refractivity contribution is -0.148. The zero-order valence-corrected chi connectivity index (χ0v) is 45.0. The van der Waals surface area contributed by atoms with Crippen LogP contribution in [0.15, 0.2) is 12.2 Å². The average Bonchev–Trinajstić information content (AvgIpc) is 3.36. The first-order valence-corrected chi connectivity index (χ1v) is 28.6. The molecule has 0 spiro atoms. The van der Waals surface area contributed by atoms with Gasteiger partial charge in [-0.1, -0.05) is 226 Å². The predicted molar refractivity (Wildman–Crippen MR) is 283 cm³/mol. The highest BCUT2D eigenvalue weighted by Gasteiger charge is 2.09. The highest BCUT2D eigenvalue weighted by atomic mass is 16.6. The largest absolute Gasteiger partial charge is 0.463 e. The quantitative estimate of drug-likeness (QED) is 0.0146. The first kappa shape index (κ1) is 71.2. The first-order chi connectivity index (χ1) is 33.6. The summed E-state index contributed by atoms with van der Waals surface area (Å²) in [6.07, 6.45) is 49.5. The molecule has 0 bridgehead atoms. The Bertz CT molecular complexity index is 1060. The molecule has 0 saturated heterocycles. The van der Waals surface area contributed by atoms with Crippen LogP contribution in [0.5, 0.6) is 0 Å². The summed E-state index contributed by atoms with van der Waals surface area (Å²) in [4.78, 5) is 34.0. The van der Waals surface area contributed by atoms with Gasteiger partial charge < -0.3 is 44.8 Å². The second-order valence-electron chi connectivity index (χ2n) is 19.2. The SMILES string of the molecule is CCCCCCCC/C=C\CCCCCCCC(=O)OCC(O)CO.CCCCCCCCCCCC(=O)OCC(O)CO.CCCCCCCCCCCCCCCCCC(=O)OCC(O)CO. The van der Waals surface area contributed by atoms with Crippen molar-refractivity contribution >= 4 is 17.9 Å². The summed E-state index contributed by atoms with van der Waals surface area (Å²) in [6, 6.07) is 0. The summed E-state index contributed by atoms with van der Waals surface area (Å²) >= 11 is 0. The smallest absolute Gasteiger partial charge is 0.305 e. The lowest BCUT2D eigenvalue weighted by Crippen LogP contribution is -2.21. The molecule has 6 N–H and O–H groups in total. The van der Waals surface area contributed by atoms with E-state index in [1.807, 2.05) is 0 Å². The summed E-state index contributed by atoms with van der Waals surface area (Å²) in [5.41, 5.74) is 0. The molecule has 0 aliphatic rings. The maximum absolute atomic E-state index is 11.4. The number of aliphatic hydroxyl groups excluding tert-OH is 6. The Hall–Kier alpha value is -2.09. The maximum atomic E-state index is 11.4. The van der Waals surface area contributed by atoms with Crippen molar-refractivity contribution in [3.63, 3.8) is 0 Å². The van der Waals surface area contributed by atoms with Crippen molar-refractivity contribution in [2.24, 2.45) is 0 Å². The minimum absolute atomic E-state index is 0.103. The van der Waals surface area contributed by atoms with Gasteiger partial charge in [-0.2, -0.15) is 0 Å². The predicted octanol–water partition coefficient (Wildman–Crippen LogP) is 12.9. The fourth-order valence-corrected chi connectivity index (χ4v) is 7.50. The van der Waals surface area contributed by atoms with E-state index in [4.69, 9.17) is 44.8 Å². The number of hydrogen-bond donors (Lipinski definition) is 6. The summed E-state index contributed by atoms with van der Waals surface area (Å²) < 4.78 is 14.5. The van der Waals surface area contributed by atoms with E-state index >= 15 is 0 Å². The van der Waals surface area contributed by atoms with Gasteiger partial charge in [0.2, 0.25) is 0 Å². The molecule has 0 aromatic heterocycles. The number of carbonyl (C=O) groups is 3. The first-order valence-electron chi connectivity index (χ1n) is 28.6. The molecule has 12 nitrogen and oxygen atoms in total. The number of carbonyl (C=O) groups excluding carboxylic acids is 3. The van der Waals surface area contributed by atoms with E-state index < -0.39 is 18.3 Å². The third-order valence-corrected chi connectivity index (χ3v) is 12.1. The Balaban J connectivity index is -0.000000958. The van der Waals surface area contributed by atoms with Gasteiger partial charge >= 0.3 is 17.9 Å². The van der Waals surface area contributed by atoms with E-state index in [-0.39, 0.29) is 57.5 Å². The van der Waals surface area contributed by atoms with E-state index in [1.165, 1.54) is 186 Å². The molecule has 3 atom stereocenters. The van der Waals surface area contributed by atoms with Crippen LogP contribution in [0.2, 0.25) is 0 Å². The molecule has 0 rings (SSSR count). The molecule has 0 aliphatic carbocycles. The van der Waals surface area contributed by atoms with Crippen molar-refractivity contribution < 1.29 is 59.2 Å². The minimum Gasteiger partial charge on any atom is -0.463 e. The number of ether oxygens (including phenoxy) is 3. The topological polar surface area (TPSA) is 200 Å². The van der Waals surface area contributed by atoms with Crippen LogP contribution in [0.3, 0.4) is 0 Å². The summed E-state index contributed by atoms with van der Waals surface area (Å²) in [5.74, 6) is -0.845. The van der Waals surface area contributed by atoms with Gasteiger partial charge in [-0.05, 0) is 44.9 Å². The van der Waals surface area contributed by atoms with Gasteiger partial charge in [0.15, 0.2) is 0 Å². The Morgan fingerprint density at radius 3 is 0.710 bits per heavy atom. The molecule has 0 aromatic carbocycles. The van der Waals surface area contributed by atoms with Gasteiger partial charge in [0.05, 0.1) is 19.8 Å². The Morgan fingerprint density at radius 2 is 0.507 bits per heavy atom. The monoisotopic (exact) mass is 989 g/mol. The zero-order chi connectivity index (χ0) is 51.5. The van der Waals surface area contributed by atoms with Gasteiger partial charge in [0.25, 0.3) is 0 Å². The molecule has 0 fully saturated rings. The fraction of sp³-hybridized carbons (Fsp3) is 0.912. The normalized spacial score (nSPS) is 12.4. The van der Waals surface area contributed by atoms with Crippen molar-refractivity contribution in [1.29, 1.82) is 0 Å². The molecule has 0 aromatic rings. The van der Waals surface area contributed by atoms with E-state index in [9.17, 15) is 14.4 Å². The Kier molecular flexibility index (Phi) is 64.0. The van der Waals surface area contributed by atoms with E-state index in [1.54, 1.807) is 0 Å². The zero-order valence-electron chi connectivity index (χ0n) is 45.0. The number of rotatable bonds is 50. The summed E-state index contributed by atoms with van der Waals surface area (Å²) in [6.45, 7) is 5.31. The van der Waals surface area contributed by atoms with Gasteiger partial charge in [-0.25, -0.2) is 0 Å². The third-order valence-electron chi connectivity index (χ3n) is 12.1. The molecule has 12 heteroatoms. The van der Waals surface area contributed by atoms with Crippen LogP contribution in [0, 0.1) is 0 Å². The molecule has 0 amide bonds. The highest BCUT2D eigenvalue weighted by Crippen LogP contribution is 2.15. The van der Waals surface area contributed by atoms with Crippen LogP contribution in [-0.4, -0.2) is 107 Å². The summed E-state index contributed by atoms with van der Waals surface area (Å²) in [5, 5.41) is 53.0. The van der Waals surface area contributed by atoms with Crippen LogP contribution < -0.4 is 0 Å².